The molecule has 5 aliphatic rings. The van der Waals surface area contributed by atoms with E-state index in [0.717, 1.165) is 51.4 Å². The molecular weight excluding hydrogens is 408 g/mol. The predicted molar refractivity (Wildman–Crippen MR) is 133 cm³/mol. The van der Waals surface area contributed by atoms with E-state index in [9.17, 15) is 15.0 Å². The first-order valence-electron chi connectivity index (χ1n) is 13.8. The van der Waals surface area contributed by atoms with E-state index in [1.54, 1.807) is 0 Å². The summed E-state index contributed by atoms with van der Waals surface area (Å²) in [6.45, 7) is 16.9. The number of aliphatic hydroxyl groups excluding tert-OH is 1. The van der Waals surface area contributed by atoms with Crippen molar-refractivity contribution in [3.05, 3.63) is 11.6 Å². The van der Waals surface area contributed by atoms with Crippen LogP contribution >= 0.6 is 0 Å². The van der Waals surface area contributed by atoms with E-state index < -0.39 is 11.4 Å². The molecule has 0 aromatic carbocycles. The quantitative estimate of drug-likeness (QED) is 0.409. The number of rotatable bonds is 1. The molecule has 3 nitrogen and oxygen atoms in total. The first-order valence-corrected chi connectivity index (χ1v) is 13.8. The lowest BCUT2D eigenvalue weighted by atomic mass is 9.33. The van der Waals surface area contributed by atoms with E-state index in [1.807, 2.05) is 0 Å². The molecule has 8 atom stereocenters. The van der Waals surface area contributed by atoms with Gasteiger partial charge in [-0.05, 0) is 109 Å². The molecule has 3 heteroatoms. The van der Waals surface area contributed by atoms with Crippen LogP contribution in [0, 0.1) is 50.2 Å². The lowest BCUT2D eigenvalue weighted by Gasteiger charge is -2.71. The van der Waals surface area contributed by atoms with E-state index in [0.29, 0.717) is 11.8 Å². The van der Waals surface area contributed by atoms with Gasteiger partial charge in [0.25, 0.3) is 0 Å². The Morgan fingerprint density at radius 2 is 1.55 bits per heavy atom. The molecule has 0 aromatic heterocycles. The Bertz CT molecular complexity index is 885. The lowest BCUT2D eigenvalue weighted by Crippen LogP contribution is -2.65. The minimum absolute atomic E-state index is 0.0301. The molecule has 2 N–H and O–H groups in total. The topological polar surface area (TPSA) is 57.5 Å². The zero-order valence-corrected chi connectivity index (χ0v) is 22.3. The van der Waals surface area contributed by atoms with Crippen LogP contribution in [0.2, 0.25) is 0 Å². The summed E-state index contributed by atoms with van der Waals surface area (Å²) in [4.78, 5) is 12.8. The fourth-order valence-corrected chi connectivity index (χ4v) is 10.6. The molecule has 0 spiro atoms. The molecule has 5 aliphatic carbocycles. The Morgan fingerprint density at radius 1 is 0.879 bits per heavy atom. The van der Waals surface area contributed by atoms with E-state index in [-0.39, 0.29) is 39.1 Å². The Labute approximate surface area is 201 Å². The highest BCUT2D eigenvalue weighted by molar-refractivity contribution is 5.76. The summed E-state index contributed by atoms with van der Waals surface area (Å²) in [6, 6.07) is 0. The van der Waals surface area contributed by atoms with Crippen molar-refractivity contribution in [3.8, 4) is 0 Å². The minimum atomic E-state index is -0.553. The van der Waals surface area contributed by atoms with Crippen LogP contribution in [0.5, 0.6) is 0 Å². The predicted octanol–water partition coefficient (Wildman–Crippen LogP) is 7.23. The van der Waals surface area contributed by atoms with Gasteiger partial charge in [-0.3, -0.25) is 4.79 Å². The number of hydrogen-bond acceptors (Lipinski definition) is 2. The summed E-state index contributed by atoms with van der Waals surface area (Å²) >= 11 is 0. The molecule has 2 unspecified atom stereocenters. The number of carboxylic acid groups (broad SMARTS) is 1. The second-order valence-electron chi connectivity index (χ2n) is 15.1. The number of carbonyl (C=O) groups is 1. The van der Waals surface area contributed by atoms with Gasteiger partial charge in [-0.25, -0.2) is 0 Å². The van der Waals surface area contributed by atoms with Gasteiger partial charge >= 0.3 is 5.97 Å². The molecule has 5 rings (SSSR count). The molecule has 4 saturated carbocycles. The van der Waals surface area contributed by atoms with E-state index in [1.165, 1.54) is 18.4 Å². The maximum atomic E-state index is 12.8. The number of fused-ring (bicyclic) bond motifs is 7. The van der Waals surface area contributed by atoms with Crippen molar-refractivity contribution < 1.29 is 15.0 Å². The Hall–Kier alpha value is -0.830. The standard InChI is InChI=1S/C30H48O3/c1-25(2)14-16-30(24(32)33)17-15-28(6)19(20(30)18-25)8-9-22-27(5)12-11-23(31)26(3,4)21(27)10-13-29(22,28)7/h8,20-23,31H,9-18H2,1-7H3,(H,32,33)/t20-,21?,22?,23-,27-,28-,29+,30-/m0/s1. The van der Waals surface area contributed by atoms with Gasteiger partial charge in [-0.15, -0.1) is 0 Å². The van der Waals surface area contributed by atoms with Gasteiger partial charge < -0.3 is 10.2 Å². The zero-order valence-electron chi connectivity index (χ0n) is 22.3. The average Bonchev–Trinajstić information content (AvgIpc) is 2.71. The maximum Gasteiger partial charge on any atom is 0.310 e. The van der Waals surface area contributed by atoms with Crippen LogP contribution in [-0.2, 0) is 4.79 Å². The number of aliphatic carboxylic acids is 1. The van der Waals surface area contributed by atoms with E-state index in [2.05, 4.69) is 54.5 Å². The van der Waals surface area contributed by atoms with Gasteiger partial charge in [-0.2, -0.15) is 0 Å². The largest absolute Gasteiger partial charge is 0.481 e. The van der Waals surface area contributed by atoms with Gasteiger partial charge in [-0.1, -0.05) is 60.1 Å². The molecule has 0 aliphatic heterocycles. The number of carboxylic acids is 1. The molecule has 4 fully saturated rings. The summed E-state index contributed by atoms with van der Waals surface area (Å²) in [6.07, 6.45) is 12.6. The zero-order chi connectivity index (χ0) is 24.2. The van der Waals surface area contributed by atoms with Crippen molar-refractivity contribution in [2.24, 2.45) is 50.2 Å². The van der Waals surface area contributed by atoms with Gasteiger partial charge in [0.1, 0.15) is 0 Å². The second kappa shape index (κ2) is 6.89. The molecule has 0 bridgehead atoms. The Kier molecular flexibility index (Phi) is 4.99. The fourth-order valence-electron chi connectivity index (χ4n) is 10.6. The van der Waals surface area contributed by atoms with Gasteiger partial charge in [0, 0.05) is 0 Å². The van der Waals surface area contributed by atoms with E-state index in [4.69, 9.17) is 0 Å². The molecule has 186 valence electrons. The van der Waals surface area contributed by atoms with Crippen molar-refractivity contribution in [1.82, 2.24) is 0 Å². The minimum Gasteiger partial charge on any atom is -0.481 e. The summed E-state index contributed by atoms with van der Waals surface area (Å²) < 4.78 is 0. The van der Waals surface area contributed by atoms with Crippen LogP contribution in [-0.4, -0.2) is 22.3 Å². The summed E-state index contributed by atoms with van der Waals surface area (Å²) in [5.41, 5.74) is 1.68. The van der Waals surface area contributed by atoms with Gasteiger partial charge in [0.2, 0.25) is 0 Å². The maximum absolute atomic E-state index is 12.8. The first-order chi connectivity index (χ1) is 15.1. The highest BCUT2D eigenvalue weighted by Crippen LogP contribution is 2.75. The van der Waals surface area contributed by atoms with Crippen molar-refractivity contribution in [2.45, 2.75) is 119 Å². The van der Waals surface area contributed by atoms with Crippen LogP contribution < -0.4 is 0 Å². The van der Waals surface area contributed by atoms with Crippen LogP contribution in [0.1, 0.15) is 113 Å². The Balaban J connectivity index is 1.60. The van der Waals surface area contributed by atoms with E-state index >= 15 is 0 Å². The normalized spacial score (nSPS) is 52.4. The summed E-state index contributed by atoms with van der Waals surface area (Å²) in [7, 11) is 0. The molecule has 0 radical (unpaired) electrons. The van der Waals surface area contributed by atoms with Crippen LogP contribution in [0.25, 0.3) is 0 Å². The number of aliphatic hydroxyl groups is 1. The van der Waals surface area contributed by atoms with Crippen molar-refractivity contribution >= 4 is 5.97 Å². The molecule has 0 aromatic rings. The SMILES string of the molecule is CC1(C)CC[C@]2(C(=O)O)CC[C@@]3(C)C(=CCC4[C@@]5(C)CC[C@H](O)C(C)(C)C5CC[C@]43C)[C@@H]2C1. The van der Waals surface area contributed by atoms with Crippen molar-refractivity contribution in [3.63, 3.8) is 0 Å². The third kappa shape index (κ3) is 2.87. The van der Waals surface area contributed by atoms with Crippen LogP contribution in [0.3, 0.4) is 0 Å². The lowest BCUT2D eigenvalue weighted by molar-refractivity contribution is -0.205. The van der Waals surface area contributed by atoms with Gasteiger partial charge in [0.15, 0.2) is 0 Å². The molecule has 33 heavy (non-hydrogen) atoms. The number of hydrogen-bond donors (Lipinski definition) is 2. The highest BCUT2D eigenvalue weighted by atomic mass is 16.4. The summed E-state index contributed by atoms with van der Waals surface area (Å²) in [5.74, 6) is 0.807. The third-order valence-corrected chi connectivity index (χ3v) is 13.0. The number of allylic oxidation sites excluding steroid dienone is 2. The van der Waals surface area contributed by atoms with Gasteiger partial charge in [0.05, 0.1) is 11.5 Å². The fraction of sp³-hybridized carbons (Fsp3) is 0.900. The molecule has 0 saturated heterocycles. The van der Waals surface area contributed by atoms with Crippen molar-refractivity contribution in [2.75, 3.05) is 0 Å². The molecule has 0 amide bonds. The van der Waals surface area contributed by atoms with Crippen LogP contribution in [0.4, 0.5) is 0 Å². The molecule has 0 heterocycles. The average molecular weight is 457 g/mol. The highest BCUT2D eigenvalue weighted by Gasteiger charge is 2.69. The summed E-state index contributed by atoms with van der Waals surface area (Å²) in [5, 5.41) is 21.4. The third-order valence-electron chi connectivity index (χ3n) is 13.0. The smallest absolute Gasteiger partial charge is 0.310 e. The Morgan fingerprint density at radius 3 is 2.21 bits per heavy atom. The second-order valence-corrected chi connectivity index (χ2v) is 15.1. The van der Waals surface area contributed by atoms with Crippen molar-refractivity contribution in [1.29, 1.82) is 0 Å². The molecular formula is C30H48O3. The monoisotopic (exact) mass is 456 g/mol. The first kappa shape index (κ1) is 23.9. The van der Waals surface area contributed by atoms with Crippen LogP contribution in [0.15, 0.2) is 11.6 Å².